The number of hydrogen-bond acceptors (Lipinski definition) is 5. The third-order valence-corrected chi connectivity index (χ3v) is 4.40. The van der Waals surface area contributed by atoms with Crippen LogP contribution in [-0.4, -0.2) is 23.2 Å². The fourth-order valence-electron chi connectivity index (χ4n) is 2.16. The monoisotopic (exact) mass is 319 g/mol. The Balaban J connectivity index is 2.19. The third-order valence-electron chi connectivity index (χ3n) is 3.50. The largest absolute Gasteiger partial charge is 0.496 e. The highest BCUT2D eigenvalue weighted by Gasteiger charge is 2.33. The zero-order valence-corrected chi connectivity index (χ0v) is 14.2. The number of amides is 1. The molecule has 0 spiro atoms. The van der Waals surface area contributed by atoms with Gasteiger partial charge in [-0.05, 0) is 26.3 Å². The Morgan fingerprint density at radius 2 is 2.05 bits per heavy atom. The van der Waals surface area contributed by atoms with Crippen molar-refractivity contribution in [2.75, 3.05) is 12.4 Å². The molecular weight excluding hydrogens is 298 g/mol. The number of aromatic nitrogens is 2. The van der Waals surface area contributed by atoms with Crippen LogP contribution in [0.15, 0.2) is 24.3 Å². The molecule has 2 rings (SSSR count). The summed E-state index contributed by atoms with van der Waals surface area (Å²) in [4.78, 5) is 12.6. The predicted octanol–water partition coefficient (Wildman–Crippen LogP) is 3.42. The summed E-state index contributed by atoms with van der Waals surface area (Å²) >= 11 is 1.42. The molecule has 6 heteroatoms. The van der Waals surface area contributed by atoms with Crippen molar-refractivity contribution >= 4 is 22.4 Å². The average Bonchev–Trinajstić information content (AvgIpc) is 2.94. The molecule has 0 bridgehead atoms. The predicted molar refractivity (Wildman–Crippen MR) is 88.6 cm³/mol. The Labute approximate surface area is 134 Å². The van der Waals surface area contributed by atoms with Gasteiger partial charge in [-0.25, -0.2) is 0 Å². The molecule has 0 radical (unpaired) electrons. The molecular formula is C16H21N3O2S. The van der Waals surface area contributed by atoms with Crippen molar-refractivity contribution in [3.8, 4) is 5.75 Å². The number of nitrogens with zero attached hydrogens (tertiary/aromatic N) is 2. The number of para-hydroxylation sites is 1. The summed E-state index contributed by atoms with van der Waals surface area (Å²) in [5.41, 5.74) is 0.108. The minimum Gasteiger partial charge on any atom is -0.496 e. The molecule has 0 aliphatic carbocycles. The van der Waals surface area contributed by atoms with E-state index in [0.29, 0.717) is 10.9 Å². The van der Waals surface area contributed by atoms with Gasteiger partial charge in [-0.3, -0.25) is 10.1 Å². The van der Waals surface area contributed by atoms with Crippen molar-refractivity contribution in [1.82, 2.24) is 10.2 Å². The number of nitrogens with one attached hydrogen (secondary N) is 1. The zero-order chi connectivity index (χ0) is 16.2. The maximum Gasteiger partial charge on any atom is 0.236 e. The summed E-state index contributed by atoms with van der Waals surface area (Å²) in [5.74, 6) is 0.572. The van der Waals surface area contributed by atoms with Gasteiger partial charge in [0, 0.05) is 12.0 Å². The maximum atomic E-state index is 12.6. The van der Waals surface area contributed by atoms with Crippen LogP contribution < -0.4 is 10.1 Å². The maximum absolute atomic E-state index is 12.6. The van der Waals surface area contributed by atoms with Gasteiger partial charge in [0.1, 0.15) is 10.8 Å². The van der Waals surface area contributed by atoms with E-state index in [4.69, 9.17) is 4.74 Å². The van der Waals surface area contributed by atoms with Gasteiger partial charge in [-0.15, -0.1) is 10.2 Å². The summed E-state index contributed by atoms with van der Waals surface area (Å²) < 4.78 is 5.36. The van der Waals surface area contributed by atoms with Crippen LogP contribution in [0.1, 0.15) is 37.8 Å². The zero-order valence-electron chi connectivity index (χ0n) is 13.3. The first-order valence-corrected chi connectivity index (χ1v) is 8.08. The Morgan fingerprint density at radius 1 is 1.32 bits per heavy atom. The summed E-state index contributed by atoms with van der Waals surface area (Å²) in [5, 5.41) is 12.4. The molecule has 0 saturated carbocycles. The van der Waals surface area contributed by atoms with Crippen molar-refractivity contribution in [1.29, 1.82) is 0 Å². The topological polar surface area (TPSA) is 64.1 Å². The molecule has 1 aromatic carbocycles. The first-order valence-electron chi connectivity index (χ1n) is 7.26. The number of ether oxygens (including phenoxy) is 1. The molecule has 1 amide bonds. The molecule has 1 N–H and O–H groups in total. The van der Waals surface area contributed by atoms with E-state index in [1.165, 1.54) is 11.3 Å². The molecule has 1 heterocycles. The summed E-state index contributed by atoms with van der Waals surface area (Å²) in [6.45, 7) is 5.83. The van der Waals surface area contributed by atoms with Crippen molar-refractivity contribution < 1.29 is 9.53 Å². The molecule has 0 aliphatic heterocycles. The van der Waals surface area contributed by atoms with Gasteiger partial charge in [0.25, 0.3) is 0 Å². The highest BCUT2D eigenvalue weighted by molar-refractivity contribution is 7.15. The molecule has 2 aromatic rings. The van der Waals surface area contributed by atoms with Crippen molar-refractivity contribution in [3.05, 3.63) is 34.8 Å². The summed E-state index contributed by atoms with van der Waals surface area (Å²) in [6, 6.07) is 7.55. The molecule has 5 nitrogen and oxygen atoms in total. The van der Waals surface area contributed by atoms with E-state index >= 15 is 0 Å². The first-order chi connectivity index (χ1) is 10.5. The Morgan fingerprint density at radius 3 is 2.73 bits per heavy atom. The number of rotatable bonds is 6. The number of anilines is 1. The van der Waals surface area contributed by atoms with E-state index in [1.54, 1.807) is 7.11 Å². The van der Waals surface area contributed by atoms with E-state index in [9.17, 15) is 4.79 Å². The van der Waals surface area contributed by atoms with Crippen LogP contribution in [0.25, 0.3) is 0 Å². The summed E-state index contributed by atoms with van der Waals surface area (Å²) in [6.07, 6.45) is 1.89. The molecule has 22 heavy (non-hydrogen) atoms. The quantitative estimate of drug-likeness (QED) is 0.886. The van der Waals surface area contributed by atoms with Crippen LogP contribution in [0.2, 0.25) is 0 Å². The number of carbonyl (C=O) groups excluding carboxylic acids is 1. The van der Waals surface area contributed by atoms with Gasteiger partial charge in [0.05, 0.1) is 12.5 Å². The van der Waals surface area contributed by atoms with Crippen molar-refractivity contribution in [2.45, 2.75) is 39.0 Å². The highest BCUT2D eigenvalue weighted by atomic mass is 32.1. The van der Waals surface area contributed by atoms with Crippen LogP contribution >= 0.6 is 11.3 Å². The lowest BCUT2D eigenvalue weighted by Crippen LogP contribution is -2.35. The van der Waals surface area contributed by atoms with Crippen LogP contribution in [0.5, 0.6) is 5.75 Å². The number of aryl methyl sites for hydroxylation is 1. The van der Waals surface area contributed by atoms with E-state index in [1.807, 2.05) is 38.1 Å². The van der Waals surface area contributed by atoms with Gasteiger partial charge in [0.2, 0.25) is 11.0 Å². The normalized spacial score (nSPS) is 11.3. The van der Waals surface area contributed by atoms with Crippen molar-refractivity contribution in [2.24, 2.45) is 0 Å². The molecule has 0 aliphatic rings. The van der Waals surface area contributed by atoms with Crippen LogP contribution in [-0.2, 0) is 16.6 Å². The standard InChI is InChI=1S/C16H21N3O2S/c1-5-8-13-18-19-15(22-13)17-14(20)16(2,3)11-9-6-7-10-12(11)21-4/h6-7,9-10H,5,8H2,1-4H3,(H,17,19,20). The van der Waals surface area contributed by atoms with Crippen LogP contribution in [0.4, 0.5) is 5.13 Å². The van der Waals surface area contributed by atoms with Gasteiger partial charge < -0.3 is 4.74 Å². The molecule has 0 atom stereocenters. The van der Waals surface area contributed by atoms with E-state index < -0.39 is 5.41 Å². The SMILES string of the molecule is CCCc1nnc(NC(=O)C(C)(C)c2ccccc2OC)s1. The van der Waals surface area contributed by atoms with Crippen molar-refractivity contribution in [3.63, 3.8) is 0 Å². The van der Waals surface area contributed by atoms with Crippen LogP contribution in [0.3, 0.4) is 0 Å². The smallest absolute Gasteiger partial charge is 0.236 e. The molecule has 118 valence electrons. The molecule has 0 unspecified atom stereocenters. The van der Waals surface area contributed by atoms with Crippen LogP contribution in [0, 0.1) is 0 Å². The van der Waals surface area contributed by atoms with E-state index in [0.717, 1.165) is 23.4 Å². The highest BCUT2D eigenvalue weighted by Crippen LogP contribution is 2.32. The number of methoxy groups -OCH3 is 1. The van der Waals surface area contributed by atoms with Gasteiger partial charge >= 0.3 is 0 Å². The Kier molecular flexibility index (Phi) is 5.13. The minimum absolute atomic E-state index is 0.129. The first kappa shape index (κ1) is 16.4. The molecule has 0 saturated heterocycles. The Bertz CT molecular complexity index is 652. The molecule has 1 aromatic heterocycles. The van der Waals surface area contributed by atoms with E-state index in [2.05, 4.69) is 22.4 Å². The lowest BCUT2D eigenvalue weighted by Gasteiger charge is -2.25. The lowest BCUT2D eigenvalue weighted by atomic mass is 9.83. The van der Waals surface area contributed by atoms with Gasteiger partial charge in [-0.2, -0.15) is 0 Å². The number of carbonyl (C=O) groups is 1. The Hall–Kier alpha value is -1.95. The molecule has 0 fully saturated rings. The van der Waals surface area contributed by atoms with E-state index in [-0.39, 0.29) is 5.91 Å². The summed E-state index contributed by atoms with van der Waals surface area (Å²) in [7, 11) is 1.61. The van der Waals surface area contributed by atoms with Gasteiger partial charge in [-0.1, -0.05) is 36.5 Å². The minimum atomic E-state index is -0.733. The number of hydrogen-bond donors (Lipinski definition) is 1. The average molecular weight is 319 g/mol. The second-order valence-electron chi connectivity index (χ2n) is 5.53. The number of benzene rings is 1. The third kappa shape index (κ3) is 3.44. The second-order valence-corrected chi connectivity index (χ2v) is 6.59. The fraction of sp³-hybridized carbons (Fsp3) is 0.438. The fourth-order valence-corrected chi connectivity index (χ4v) is 2.99. The van der Waals surface area contributed by atoms with Gasteiger partial charge in [0.15, 0.2) is 0 Å². The second kappa shape index (κ2) is 6.87. The lowest BCUT2D eigenvalue weighted by molar-refractivity contribution is -0.120.